The molecule has 4 heteroatoms. The van der Waals surface area contributed by atoms with Gasteiger partial charge in [-0.25, -0.2) is 0 Å². The van der Waals surface area contributed by atoms with E-state index in [-0.39, 0.29) is 0 Å². The SMILES string of the molecule is CO/N=C\c1c(Cl)cccc1Br. The molecular formula is C8H7BrClNO. The average Bonchev–Trinajstić information content (AvgIpc) is 2.04. The molecule has 0 aliphatic heterocycles. The molecule has 64 valence electrons. The van der Waals surface area contributed by atoms with Crippen LogP contribution in [-0.4, -0.2) is 13.3 Å². The highest BCUT2D eigenvalue weighted by Crippen LogP contribution is 2.22. The molecule has 0 amide bonds. The number of nitrogens with zero attached hydrogens (tertiary/aromatic N) is 1. The molecule has 0 atom stereocenters. The average molecular weight is 249 g/mol. The van der Waals surface area contributed by atoms with Crippen molar-refractivity contribution in [2.45, 2.75) is 0 Å². The summed E-state index contributed by atoms with van der Waals surface area (Å²) in [6.45, 7) is 0. The molecule has 0 N–H and O–H groups in total. The summed E-state index contributed by atoms with van der Waals surface area (Å²) in [6.07, 6.45) is 1.56. The third-order valence-corrected chi connectivity index (χ3v) is 2.31. The molecule has 0 aliphatic carbocycles. The molecule has 0 unspecified atom stereocenters. The molecule has 0 aromatic heterocycles. The van der Waals surface area contributed by atoms with Crippen molar-refractivity contribution in [1.29, 1.82) is 0 Å². The highest BCUT2D eigenvalue weighted by atomic mass is 79.9. The lowest BCUT2D eigenvalue weighted by molar-refractivity contribution is 0.215. The van der Waals surface area contributed by atoms with Gasteiger partial charge in [-0.2, -0.15) is 0 Å². The van der Waals surface area contributed by atoms with Crippen molar-refractivity contribution in [3.8, 4) is 0 Å². The van der Waals surface area contributed by atoms with Gasteiger partial charge in [0.25, 0.3) is 0 Å². The predicted octanol–water partition coefficient (Wildman–Crippen LogP) is 3.08. The number of rotatable bonds is 2. The molecule has 1 aromatic carbocycles. The van der Waals surface area contributed by atoms with E-state index in [4.69, 9.17) is 11.6 Å². The summed E-state index contributed by atoms with van der Waals surface area (Å²) >= 11 is 9.23. The van der Waals surface area contributed by atoms with Gasteiger partial charge < -0.3 is 4.84 Å². The first kappa shape index (κ1) is 9.55. The Morgan fingerprint density at radius 2 is 2.33 bits per heavy atom. The Morgan fingerprint density at radius 3 is 2.92 bits per heavy atom. The van der Waals surface area contributed by atoms with E-state index in [0.717, 1.165) is 10.0 Å². The fourth-order valence-electron chi connectivity index (χ4n) is 0.739. The third-order valence-electron chi connectivity index (χ3n) is 1.29. The van der Waals surface area contributed by atoms with Crippen LogP contribution in [0.1, 0.15) is 5.56 Å². The molecule has 1 aromatic rings. The Labute approximate surface area is 84.3 Å². The second kappa shape index (κ2) is 4.48. The molecule has 2 nitrogen and oxygen atoms in total. The van der Waals surface area contributed by atoms with Crippen LogP contribution in [-0.2, 0) is 4.84 Å². The topological polar surface area (TPSA) is 21.6 Å². The summed E-state index contributed by atoms with van der Waals surface area (Å²) < 4.78 is 0.899. The maximum atomic E-state index is 5.89. The van der Waals surface area contributed by atoms with Gasteiger partial charge in [0.05, 0.1) is 11.2 Å². The first-order chi connectivity index (χ1) is 5.75. The van der Waals surface area contributed by atoms with Crippen molar-refractivity contribution in [2.75, 3.05) is 7.11 Å². The normalized spacial score (nSPS) is 10.6. The van der Waals surface area contributed by atoms with Crippen LogP contribution in [0.15, 0.2) is 27.8 Å². The summed E-state index contributed by atoms with van der Waals surface area (Å²) in [6, 6.07) is 5.54. The maximum Gasteiger partial charge on any atom is 0.106 e. The minimum absolute atomic E-state index is 0.644. The van der Waals surface area contributed by atoms with Gasteiger partial charge in [-0.1, -0.05) is 38.8 Å². The Kier molecular flexibility index (Phi) is 3.56. The van der Waals surface area contributed by atoms with Crippen molar-refractivity contribution in [1.82, 2.24) is 0 Å². The van der Waals surface area contributed by atoms with Gasteiger partial charge in [-0.3, -0.25) is 0 Å². The first-order valence-electron chi connectivity index (χ1n) is 3.26. The van der Waals surface area contributed by atoms with Crippen molar-refractivity contribution >= 4 is 33.7 Å². The fraction of sp³-hybridized carbons (Fsp3) is 0.125. The quantitative estimate of drug-likeness (QED) is 0.582. The Hall–Kier alpha value is -0.540. The van der Waals surface area contributed by atoms with Crippen molar-refractivity contribution in [3.63, 3.8) is 0 Å². The second-order valence-corrected chi connectivity index (χ2v) is 3.31. The van der Waals surface area contributed by atoms with Crippen molar-refractivity contribution < 1.29 is 4.84 Å². The molecule has 0 radical (unpaired) electrons. The van der Waals surface area contributed by atoms with Crippen molar-refractivity contribution in [3.05, 3.63) is 33.3 Å². The van der Waals surface area contributed by atoms with E-state index in [9.17, 15) is 0 Å². The highest BCUT2D eigenvalue weighted by Gasteiger charge is 2.00. The van der Waals surface area contributed by atoms with Crippen LogP contribution in [0.5, 0.6) is 0 Å². The minimum Gasteiger partial charge on any atom is -0.399 e. The number of oxime groups is 1. The van der Waals surface area contributed by atoms with E-state index in [0.29, 0.717) is 5.02 Å². The molecule has 1 rings (SSSR count). The number of benzene rings is 1. The lowest BCUT2D eigenvalue weighted by atomic mass is 10.2. The van der Waals surface area contributed by atoms with Gasteiger partial charge in [-0.15, -0.1) is 0 Å². The molecule has 0 heterocycles. The Morgan fingerprint density at radius 1 is 1.58 bits per heavy atom. The molecule has 0 saturated carbocycles. The van der Waals surface area contributed by atoms with Crippen LogP contribution < -0.4 is 0 Å². The number of hydrogen-bond donors (Lipinski definition) is 0. The van der Waals surface area contributed by atoms with E-state index in [2.05, 4.69) is 25.9 Å². The molecule has 0 spiro atoms. The number of halogens is 2. The molecule has 0 bridgehead atoms. The zero-order valence-electron chi connectivity index (χ0n) is 6.42. The van der Waals surface area contributed by atoms with E-state index >= 15 is 0 Å². The van der Waals surface area contributed by atoms with Gasteiger partial charge in [-0.05, 0) is 12.1 Å². The van der Waals surface area contributed by atoms with Gasteiger partial charge in [0, 0.05) is 10.0 Å². The summed E-state index contributed by atoms with van der Waals surface area (Å²) in [7, 11) is 1.49. The predicted molar refractivity (Wildman–Crippen MR) is 53.8 cm³/mol. The molecule has 0 aliphatic rings. The van der Waals surface area contributed by atoms with Gasteiger partial charge >= 0.3 is 0 Å². The highest BCUT2D eigenvalue weighted by molar-refractivity contribution is 9.10. The minimum atomic E-state index is 0.644. The number of hydrogen-bond acceptors (Lipinski definition) is 2. The smallest absolute Gasteiger partial charge is 0.106 e. The summed E-state index contributed by atoms with van der Waals surface area (Å²) in [4.78, 5) is 4.55. The van der Waals surface area contributed by atoms with Crippen LogP contribution in [0.25, 0.3) is 0 Å². The van der Waals surface area contributed by atoms with E-state index < -0.39 is 0 Å². The molecular weight excluding hydrogens is 241 g/mol. The van der Waals surface area contributed by atoms with E-state index in [1.165, 1.54) is 7.11 Å². The lowest BCUT2D eigenvalue weighted by Gasteiger charge is -1.99. The van der Waals surface area contributed by atoms with Gasteiger partial charge in [0.2, 0.25) is 0 Å². The molecule has 0 saturated heterocycles. The van der Waals surface area contributed by atoms with E-state index in [1.54, 1.807) is 12.3 Å². The standard InChI is InChI=1S/C8H7BrClNO/c1-12-11-5-6-7(9)3-2-4-8(6)10/h2-5H,1H3/b11-5-. The lowest BCUT2D eigenvalue weighted by Crippen LogP contribution is -1.85. The fourth-order valence-corrected chi connectivity index (χ4v) is 1.55. The van der Waals surface area contributed by atoms with Crippen LogP contribution >= 0.6 is 27.5 Å². The monoisotopic (exact) mass is 247 g/mol. The van der Waals surface area contributed by atoms with Gasteiger partial charge in [0.15, 0.2) is 0 Å². The van der Waals surface area contributed by atoms with Crippen LogP contribution in [0.2, 0.25) is 5.02 Å². The second-order valence-electron chi connectivity index (χ2n) is 2.05. The third kappa shape index (κ3) is 2.22. The molecule has 12 heavy (non-hydrogen) atoms. The summed E-state index contributed by atoms with van der Waals surface area (Å²) in [5, 5.41) is 4.27. The van der Waals surface area contributed by atoms with Crippen LogP contribution in [0.3, 0.4) is 0 Å². The van der Waals surface area contributed by atoms with Crippen LogP contribution in [0.4, 0.5) is 0 Å². The van der Waals surface area contributed by atoms with Crippen LogP contribution in [0, 0.1) is 0 Å². The Balaban J connectivity index is 3.04. The zero-order chi connectivity index (χ0) is 8.97. The Bertz CT molecular complexity index is 281. The first-order valence-corrected chi connectivity index (χ1v) is 4.43. The summed E-state index contributed by atoms with van der Waals surface area (Å²) in [5.74, 6) is 0. The molecule has 0 fully saturated rings. The largest absolute Gasteiger partial charge is 0.399 e. The van der Waals surface area contributed by atoms with Gasteiger partial charge in [0.1, 0.15) is 7.11 Å². The summed E-state index contributed by atoms with van der Waals surface area (Å²) in [5.41, 5.74) is 0.820. The zero-order valence-corrected chi connectivity index (χ0v) is 8.76. The van der Waals surface area contributed by atoms with E-state index in [1.807, 2.05) is 12.1 Å². The maximum absolute atomic E-state index is 5.89. The van der Waals surface area contributed by atoms with Crippen molar-refractivity contribution in [2.24, 2.45) is 5.16 Å².